The molecule has 0 bridgehead atoms. The summed E-state index contributed by atoms with van der Waals surface area (Å²) in [5, 5.41) is 0. The molecule has 16 heavy (non-hydrogen) atoms. The molecule has 1 aromatic rings. The van der Waals surface area contributed by atoms with Gasteiger partial charge in [0, 0.05) is 14.2 Å². The summed E-state index contributed by atoms with van der Waals surface area (Å²) in [6, 6.07) is 8.06. The van der Waals surface area contributed by atoms with Crippen molar-refractivity contribution in [2.24, 2.45) is 0 Å². The predicted molar refractivity (Wildman–Crippen MR) is 67.7 cm³/mol. The molecule has 0 N–H and O–H groups in total. The first-order valence-corrected chi connectivity index (χ1v) is 6.55. The Balaban J connectivity index is 2.45. The first kappa shape index (κ1) is 13.1. The van der Waals surface area contributed by atoms with Gasteiger partial charge in [-0.3, -0.25) is 0 Å². The molecule has 0 amide bonds. The third-order valence-corrected chi connectivity index (χ3v) is 3.69. The summed E-state index contributed by atoms with van der Waals surface area (Å²) in [6.07, 6.45) is 1.84. The largest absolute Gasteiger partial charge is 0.414 e. The second kappa shape index (κ2) is 7.35. The third kappa shape index (κ3) is 3.90. The SMILES string of the molecule is C=Cc1ccccc1CO[SiH2]C(OC)OC. The molecule has 0 aliphatic rings. The molecule has 0 atom stereocenters. The number of methoxy groups -OCH3 is 2. The van der Waals surface area contributed by atoms with Crippen molar-refractivity contribution in [2.45, 2.75) is 12.5 Å². The first-order chi connectivity index (χ1) is 7.81. The van der Waals surface area contributed by atoms with E-state index < -0.39 is 9.76 Å². The van der Waals surface area contributed by atoms with E-state index in [1.165, 1.54) is 0 Å². The third-order valence-electron chi connectivity index (χ3n) is 2.31. The fourth-order valence-corrected chi connectivity index (χ4v) is 2.16. The maximum Gasteiger partial charge on any atom is 0.224 e. The summed E-state index contributed by atoms with van der Waals surface area (Å²) in [5.74, 6) is -0.170. The predicted octanol–water partition coefficient (Wildman–Crippen LogP) is 1.51. The molecule has 4 heteroatoms. The van der Waals surface area contributed by atoms with Crippen molar-refractivity contribution >= 4 is 15.8 Å². The van der Waals surface area contributed by atoms with E-state index in [9.17, 15) is 0 Å². The molecule has 88 valence electrons. The average Bonchev–Trinajstić information content (AvgIpc) is 2.35. The van der Waals surface area contributed by atoms with Crippen LogP contribution in [0.3, 0.4) is 0 Å². The van der Waals surface area contributed by atoms with Crippen LogP contribution in [0.1, 0.15) is 11.1 Å². The van der Waals surface area contributed by atoms with Gasteiger partial charge in [-0.25, -0.2) is 0 Å². The Labute approximate surface area is 99.0 Å². The lowest BCUT2D eigenvalue weighted by Gasteiger charge is -2.13. The zero-order valence-corrected chi connectivity index (χ0v) is 11.2. The van der Waals surface area contributed by atoms with E-state index in [4.69, 9.17) is 13.9 Å². The molecule has 0 radical (unpaired) electrons. The van der Waals surface area contributed by atoms with Crippen molar-refractivity contribution in [3.63, 3.8) is 0 Å². The van der Waals surface area contributed by atoms with Crippen LogP contribution in [0.2, 0.25) is 0 Å². The van der Waals surface area contributed by atoms with Gasteiger partial charge in [-0.1, -0.05) is 36.9 Å². The Bertz CT molecular complexity index is 324. The second-order valence-corrected chi connectivity index (χ2v) is 4.73. The van der Waals surface area contributed by atoms with Crippen LogP contribution in [0.4, 0.5) is 0 Å². The zero-order valence-electron chi connectivity index (χ0n) is 9.81. The molecule has 1 aromatic carbocycles. The Kier molecular flexibility index (Phi) is 6.03. The van der Waals surface area contributed by atoms with Crippen LogP contribution in [0.25, 0.3) is 6.08 Å². The van der Waals surface area contributed by atoms with Crippen LogP contribution in [-0.4, -0.2) is 29.9 Å². The smallest absolute Gasteiger partial charge is 0.224 e. The highest BCUT2D eigenvalue weighted by Gasteiger charge is 2.06. The maximum atomic E-state index is 5.65. The summed E-state index contributed by atoms with van der Waals surface area (Å²) in [4.78, 5) is 0. The fourth-order valence-electron chi connectivity index (χ4n) is 1.36. The van der Waals surface area contributed by atoms with Gasteiger partial charge in [0.2, 0.25) is 9.76 Å². The lowest BCUT2D eigenvalue weighted by atomic mass is 10.1. The van der Waals surface area contributed by atoms with Crippen molar-refractivity contribution in [2.75, 3.05) is 14.2 Å². The van der Waals surface area contributed by atoms with E-state index >= 15 is 0 Å². The summed E-state index contributed by atoms with van der Waals surface area (Å²) < 4.78 is 15.8. The molecule has 0 saturated carbocycles. The maximum absolute atomic E-state index is 5.65. The van der Waals surface area contributed by atoms with Gasteiger partial charge in [-0.2, -0.15) is 0 Å². The van der Waals surface area contributed by atoms with Crippen LogP contribution in [0, 0.1) is 0 Å². The van der Waals surface area contributed by atoms with Crippen molar-refractivity contribution in [1.82, 2.24) is 0 Å². The summed E-state index contributed by atoms with van der Waals surface area (Å²) in [6.45, 7) is 4.37. The lowest BCUT2D eigenvalue weighted by Crippen LogP contribution is -2.23. The highest BCUT2D eigenvalue weighted by atomic mass is 28.2. The fraction of sp³-hybridized carbons (Fsp3) is 0.333. The normalized spacial score (nSPS) is 11.4. The molecule has 0 aromatic heterocycles. The van der Waals surface area contributed by atoms with Crippen LogP contribution < -0.4 is 0 Å². The number of benzene rings is 1. The standard InChI is InChI=1S/C12H18O3Si/c1-4-10-7-5-6-8-11(10)9-15-16-12(13-2)14-3/h4-8,12H,1,9,16H2,2-3H3. The van der Waals surface area contributed by atoms with Crippen LogP contribution >= 0.6 is 0 Å². The number of hydrogen-bond donors (Lipinski definition) is 0. The second-order valence-electron chi connectivity index (χ2n) is 3.32. The zero-order chi connectivity index (χ0) is 11.8. The molecule has 0 fully saturated rings. The van der Waals surface area contributed by atoms with E-state index in [1.54, 1.807) is 14.2 Å². The van der Waals surface area contributed by atoms with Gasteiger partial charge in [0.05, 0.1) is 6.61 Å². The molecule has 1 rings (SSSR count). The van der Waals surface area contributed by atoms with E-state index in [2.05, 4.69) is 6.58 Å². The highest BCUT2D eigenvalue weighted by Crippen LogP contribution is 2.11. The topological polar surface area (TPSA) is 27.7 Å². The molecule has 0 aliphatic carbocycles. The minimum atomic E-state index is -0.821. The minimum absolute atomic E-state index is 0.170. The van der Waals surface area contributed by atoms with Crippen LogP contribution in [0.5, 0.6) is 0 Å². The van der Waals surface area contributed by atoms with Gasteiger partial charge in [-0.05, 0) is 11.1 Å². The molecule has 0 spiro atoms. The van der Waals surface area contributed by atoms with Crippen molar-refractivity contribution in [1.29, 1.82) is 0 Å². The molecule has 3 nitrogen and oxygen atoms in total. The summed E-state index contributed by atoms with van der Waals surface area (Å²) >= 11 is 0. The molecule has 0 saturated heterocycles. The van der Waals surface area contributed by atoms with Gasteiger partial charge >= 0.3 is 0 Å². The first-order valence-electron chi connectivity index (χ1n) is 5.15. The van der Waals surface area contributed by atoms with Gasteiger partial charge in [0.1, 0.15) is 0 Å². The van der Waals surface area contributed by atoms with Crippen molar-refractivity contribution < 1.29 is 13.9 Å². The average molecular weight is 238 g/mol. The lowest BCUT2D eigenvalue weighted by molar-refractivity contribution is -0.0532. The Morgan fingerprint density at radius 3 is 2.62 bits per heavy atom. The molecular weight excluding hydrogens is 220 g/mol. The van der Waals surface area contributed by atoms with E-state index in [-0.39, 0.29) is 5.91 Å². The van der Waals surface area contributed by atoms with E-state index in [0.29, 0.717) is 6.61 Å². The van der Waals surface area contributed by atoms with E-state index in [1.807, 2.05) is 30.3 Å². The molecule has 0 unspecified atom stereocenters. The number of ether oxygens (including phenoxy) is 2. The Morgan fingerprint density at radius 1 is 1.31 bits per heavy atom. The Morgan fingerprint density at radius 2 is 2.00 bits per heavy atom. The quantitative estimate of drug-likeness (QED) is 0.532. The van der Waals surface area contributed by atoms with Crippen molar-refractivity contribution in [3.05, 3.63) is 42.0 Å². The Hall–Kier alpha value is -0.943. The summed E-state index contributed by atoms with van der Waals surface area (Å²) in [7, 11) is 2.43. The minimum Gasteiger partial charge on any atom is -0.414 e. The number of hydrogen-bond acceptors (Lipinski definition) is 3. The van der Waals surface area contributed by atoms with Crippen LogP contribution in [0.15, 0.2) is 30.8 Å². The van der Waals surface area contributed by atoms with E-state index in [0.717, 1.165) is 11.1 Å². The van der Waals surface area contributed by atoms with Gasteiger partial charge in [0.25, 0.3) is 0 Å². The number of rotatable bonds is 7. The van der Waals surface area contributed by atoms with Crippen LogP contribution in [-0.2, 0) is 20.5 Å². The molecular formula is C12H18O3Si. The monoisotopic (exact) mass is 238 g/mol. The highest BCUT2D eigenvalue weighted by molar-refractivity contribution is 6.28. The van der Waals surface area contributed by atoms with Gasteiger partial charge in [-0.15, -0.1) is 0 Å². The van der Waals surface area contributed by atoms with Crippen molar-refractivity contribution in [3.8, 4) is 0 Å². The van der Waals surface area contributed by atoms with Gasteiger partial charge < -0.3 is 13.9 Å². The van der Waals surface area contributed by atoms with Gasteiger partial charge in [0.15, 0.2) is 5.91 Å². The molecule has 0 aliphatic heterocycles. The molecule has 0 heterocycles. The summed E-state index contributed by atoms with van der Waals surface area (Å²) in [5.41, 5.74) is 2.26.